The van der Waals surface area contributed by atoms with Crippen LogP contribution in [0.5, 0.6) is 0 Å². The molecule has 2 aromatic heterocycles. The number of Topliss-reactive ketones (excluding diaryl/α,β-unsaturated/α-hetero) is 1. The van der Waals surface area contributed by atoms with Crippen molar-refractivity contribution in [3.63, 3.8) is 0 Å². The second kappa shape index (κ2) is 11.3. The molecule has 1 aromatic carbocycles. The molecule has 3 heterocycles. The third-order valence-corrected chi connectivity index (χ3v) is 8.14. The fraction of sp³-hybridized carbons (Fsp3) is 0.385. The maximum absolute atomic E-state index is 13.2. The molecule has 0 bridgehead atoms. The monoisotopic (exact) mass is 542 g/mol. The predicted molar refractivity (Wildman–Crippen MR) is 137 cm³/mol. The van der Waals surface area contributed by atoms with Crippen LogP contribution in [-0.4, -0.2) is 55.5 Å². The molecule has 202 valence electrons. The first kappa shape index (κ1) is 27.3. The highest BCUT2D eigenvalue weighted by Crippen LogP contribution is 2.20. The van der Waals surface area contributed by atoms with Gasteiger partial charge in [-0.1, -0.05) is 32.0 Å². The summed E-state index contributed by atoms with van der Waals surface area (Å²) in [5, 5.41) is 17.7. The Kier molecular flexibility index (Phi) is 8.12. The van der Waals surface area contributed by atoms with Gasteiger partial charge in [-0.2, -0.15) is 9.04 Å². The number of rotatable bonds is 8. The first-order valence-electron chi connectivity index (χ1n) is 12.4. The van der Waals surface area contributed by atoms with Gasteiger partial charge < -0.3 is 20.3 Å². The lowest BCUT2D eigenvalue weighted by molar-refractivity contribution is -0.646. The minimum absolute atomic E-state index is 0.0214. The molecular weight excluding hydrogens is 512 g/mol. The van der Waals surface area contributed by atoms with Crippen molar-refractivity contribution in [2.45, 2.75) is 50.2 Å². The topological polar surface area (TPSA) is 153 Å². The number of para-hydroxylation sites is 1. The maximum atomic E-state index is 13.2. The zero-order valence-corrected chi connectivity index (χ0v) is 21.9. The molecule has 3 aromatic rings. The van der Waals surface area contributed by atoms with Crippen LogP contribution in [0.4, 0.5) is 0 Å². The summed E-state index contributed by atoms with van der Waals surface area (Å²) >= 11 is 0. The Balaban J connectivity index is 1.45. The van der Waals surface area contributed by atoms with Crippen molar-refractivity contribution in [3.05, 3.63) is 65.7 Å². The van der Waals surface area contributed by atoms with E-state index in [4.69, 9.17) is 4.42 Å². The zero-order chi connectivity index (χ0) is 27.4. The fourth-order valence-corrected chi connectivity index (χ4v) is 5.87. The van der Waals surface area contributed by atoms with E-state index in [9.17, 15) is 28.0 Å². The van der Waals surface area contributed by atoms with Gasteiger partial charge in [0.2, 0.25) is 5.91 Å². The second-order valence-corrected chi connectivity index (χ2v) is 11.6. The molecule has 0 saturated carbocycles. The smallest absolute Gasteiger partial charge is 0.323 e. The van der Waals surface area contributed by atoms with Crippen molar-refractivity contribution in [1.29, 1.82) is 0 Å². The van der Waals surface area contributed by atoms with Crippen LogP contribution in [0.1, 0.15) is 43.7 Å². The van der Waals surface area contributed by atoms with Gasteiger partial charge in [0.05, 0.1) is 12.6 Å². The van der Waals surface area contributed by atoms with Crippen molar-refractivity contribution in [1.82, 2.24) is 14.9 Å². The third kappa shape index (κ3) is 6.03. The zero-order valence-electron chi connectivity index (χ0n) is 21.1. The molecule has 1 aliphatic rings. The van der Waals surface area contributed by atoms with Gasteiger partial charge in [-0.25, -0.2) is 8.42 Å². The van der Waals surface area contributed by atoms with Crippen molar-refractivity contribution in [3.8, 4) is 0 Å². The van der Waals surface area contributed by atoms with Gasteiger partial charge in [0.25, 0.3) is 5.91 Å². The van der Waals surface area contributed by atoms with E-state index in [1.165, 1.54) is 18.2 Å². The average Bonchev–Trinajstić information content (AvgIpc) is 3.22. The number of carbonyl (C=O) groups is 3. The lowest BCUT2D eigenvalue weighted by Gasteiger charge is -2.23. The maximum Gasteiger partial charge on any atom is 0.323 e. The molecular formula is C26H30N4O7S. The van der Waals surface area contributed by atoms with Crippen LogP contribution < -0.4 is 15.4 Å². The standard InChI is InChI=1S/C26H30N4O7S/c1-17(2)14-20(28-26(33)23-15-18-8-3-4-10-22(18)37-23)25(32)27-19-9-7-12-29(16-21(19)31)38(35,36)24-11-5-6-13-30(24)34/h3-6,8,10-11,13,15,17,19-20H,7,9,12,14,16H2,1-2H3,(H,27,32)(H,28,33)/t19-,20-/m1/s1. The summed E-state index contributed by atoms with van der Waals surface area (Å²) in [5.41, 5.74) is 0.545. The lowest BCUT2D eigenvalue weighted by atomic mass is 10.0. The molecule has 2 amide bonds. The minimum atomic E-state index is -4.21. The van der Waals surface area contributed by atoms with E-state index >= 15 is 0 Å². The van der Waals surface area contributed by atoms with Crippen molar-refractivity contribution < 1.29 is 31.9 Å². The summed E-state index contributed by atoms with van der Waals surface area (Å²) in [6, 6.07) is 10.9. The Morgan fingerprint density at radius 3 is 2.63 bits per heavy atom. The van der Waals surface area contributed by atoms with Crippen molar-refractivity contribution in [2.75, 3.05) is 13.1 Å². The minimum Gasteiger partial charge on any atom is -0.618 e. The largest absolute Gasteiger partial charge is 0.618 e. The SMILES string of the molecule is CC(C)C[C@@H](NC(=O)c1cc2ccccc2o1)C(=O)N[C@@H]1CCCN(S(=O)(=O)c2cccc[n+]2[O-])CC1=O. The Labute approximate surface area is 220 Å². The van der Waals surface area contributed by atoms with Crippen LogP contribution in [0.2, 0.25) is 0 Å². The highest BCUT2D eigenvalue weighted by Gasteiger charge is 2.37. The van der Waals surface area contributed by atoms with Crippen LogP contribution in [0.3, 0.4) is 0 Å². The highest BCUT2D eigenvalue weighted by atomic mass is 32.2. The number of nitrogens with one attached hydrogen (secondary N) is 2. The lowest BCUT2D eigenvalue weighted by Crippen LogP contribution is -2.52. The number of aromatic nitrogens is 1. The van der Waals surface area contributed by atoms with Crippen LogP contribution in [-0.2, 0) is 19.6 Å². The molecule has 1 aliphatic heterocycles. The van der Waals surface area contributed by atoms with Gasteiger partial charge in [0, 0.05) is 24.1 Å². The predicted octanol–water partition coefficient (Wildman–Crippen LogP) is 1.75. The normalized spacial score (nSPS) is 17.8. The molecule has 38 heavy (non-hydrogen) atoms. The Hall–Kier alpha value is -3.77. The van der Waals surface area contributed by atoms with E-state index in [-0.39, 0.29) is 29.4 Å². The van der Waals surface area contributed by atoms with E-state index in [0.29, 0.717) is 18.4 Å². The molecule has 2 N–H and O–H groups in total. The van der Waals surface area contributed by atoms with Gasteiger partial charge in [0.1, 0.15) is 11.6 Å². The number of pyridine rings is 1. The van der Waals surface area contributed by atoms with E-state index in [2.05, 4.69) is 10.6 Å². The molecule has 0 radical (unpaired) electrons. The summed E-state index contributed by atoms with van der Waals surface area (Å²) in [5.74, 6) is -1.48. The van der Waals surface area contributed by atoms with Crippen LogP contribution in [0.25, 0.3) is 11.0 Å². The number of carbonyl (C=O) groups excluding carboxylic acids is 3. The van der Waals surface area contributed by atoms with Gasteiger partial charge in [-0.3, -0.25) is 14.4 Å². The van der Waals surface area contributed by atoms with Crippen molar-refractivity contribution >= 4 is 38.6 Å². The first-order chi connectivity index (χ1) is 18.1. The fourth-order valence-electron chi connectivity index (χ4n) is 4.40. The first-order valence-corrected chi connectivity index (χ1v) is 13.8. The summed E-state index contributed by atoms with van der Waals surface area (Å²) < 4.78 is 32.8. The van der Waals surface area contributed by atoms with E-state index in [1.54, 1.807) is 18.2 Å². The number of fused-ring (bicyclic) bond motifs is 1. The Morgan fingerprint density at radius 1 is 1.18 bits per heavy atom. The average molecular weight is 543 g/mol. The highest BCUT2D eigenvalue weighted by molar-refractivity contribution is 7.89. The number of benzene rings is 1. The molecule has 1 fully saturated rings. The summed E-state index contributed by atoms with van der Waals surface area (Å²) in [7, 11) is -4.21. The second-order valence-electron chi connectivity index (χ2n) is 9.68. The summed E-state index contributed by atoms with van der Waals surface area (Å²) in [6.45, 7) is 3.34. The molecule has 4 rings (SSSR count). The van der Waals surface area contributed by atoms with Crippen LogP contribution in [0, 0.1) is 11.1 Å². The number of hydrogen-bond donors (Lipinski definition) is 2. The molecule has 0 aliphatic carbocycles. The van der Waals surface area contributed by atoms with Crippen LogP contribution in [0.15, 0.2) is 64.2 Å². The molecule has 11 nitrogen and oxygen atoms in total. The summed E-state index contributed by atoms with van der Waals surface area (Å²) in [4.78, 5) is 39.1. The van der Waals surface area contributed by atoms with Gasteiger partial charge >= 0.3 is 15.0 Å². The summed E-state index contributed by atoms with van der Waals surface area (Å²) in [6.07, 6.45) is 1.90. The van der Waals surface area contributed by atoms with Gasteiger partial charge in [-0.05, 0) is 43.4 Å². The Morgan fingerprint density at radius 2 is 1.92 bits per heavy atom. The van der Waals surface area contributed by atoms with Gasteiger partial charge in [-0.15, -0.1) is 0 Å². The molecule has 0 unspecified atom stereocenters. The molecule has 0 spiro atoms. The quantitative estimate of drug-likeness (QED) is 0.325. The number of nitrogens with zero attached hydrogens (tertiary/aromatic N) is 2. The molecule has 12 heteroatoms. The molecule has 1 saturated heterocycles. The van der Waals surface area contributed by atoms with E-state index in [1.807, 2.05) is 26.0 Å². The molecule has 2 atom stereocenters. The number of hydrogen-bond acceptors (Lipinski definition) is 7. The van der Waals surface area contributed by atoms with Crippen LogP contribution >= 0.6 is 0 Å². The number of amides is 2. The van der Waals surface area contributed by atoms with Gasteiger partial charge in [0.15, 0.2) is 17.7 Å². The van der Waals surface area contributed by atoms with E-state index in [0.717, 1.165) is 15.9 Å². The number of furan rings is 1. The van der Waals surface area contributed by atoms with E-state index < -0.39 is 51.3 Å². The van der Waals surface area contributed by atoms with Crippen molar-refractivity contribution in [2.24, 2.45) is 5.92 Å². The Bertz CT molecular complexity index is 1420. The number of sulfonamides is 1. The number of ketones is 1. The third-order valence-electron chi connectivity index (χ3n) is 6.31.